The number of H-pyrrole nitrogens is 1. The minimum absolute atomic E-state index is 0.0738. The summed E-state index contributed by atoms with van der Waals surface area (Å²) in [5, 5.41) is 10.7. The van der Waals surface area contributed by atoms with Crippen LogP contribution in [0.4, 0.5) is 13.2 Å². The van der Waals surface area contributed by atoms with Crippen molar-refractivity contribution in [2.24, 2.45) is 5.92 Å². The highest BCUT2D eigenvalue weighted by atomic mass is 19.1. The van der Waals surface area contributed by atoms with E-state index >= 15 is 0 Å². The summed E-state index contributed by atoms with van der Waals surface area (Å²) in [4.78, 5) is 15.2. The molecule has 0 bridgehead atoms. The van der Waals surface area contributed by atoms with E-state index in [9.17, 15) is 18.0 Å². The lowest BCUT2D eigenvalue weighted by Crippen LogP contribution is -2.36. The first kappa shape index (κ1) is 20.3. The largest absolute Gasteiger partial charge is 0.354 e. The summed E-state index contributed by atoms with van der Waals surface area (Å²) < 4.78 is 43.5. The van der Waals surface area contributed by atoms with E-state index in [1.165, 1.54) is 30.9 Å². The van der Waals surface area contributed by atoms with Gasteiger partial charge in [0.1, 0.15) is 36.7 Å². The Bertz CT molecular complexity index is 1260. The van der Waals surface area contributed by atoms with Gasteiger partial charge in [-0.05, 0) is 66.1 Å². The summed E-state index contributed by atoms with van der Waals surface area (Å²) in [7, 11) is 0. The van der Waals surface area contributed by atoms with Gasteiger partial charge in [-0.1, -0.05) is 0 Å². The molecule has 0 unspecified atom stereocenters. The number of fused-ring (bicyclic) bond motifs is 1. The molecule has 1 saturated carbocycles. The Hall–Kier alpha value is -3.62. The quantitative estimate of drug-likeness (QED) is 0.474. The average Bonchev–Trinajstić information content (AvgIpc) is 3.36. The molecule has 2 aromatic carbocycles. The second-order valence-corrected chi connectivity index (χ2v) is 8.20. The van der Waals surface area contributed by atoms with Gasteiger partial charge in [0.2, 0.25) is 5.91 Å². The van der Waals surface area contributed by atoms with Crippen molar-refractivity contribution in [2.45, 2.75) is 25.3 Å². The predicted molar refractivity (Wildman–Crippen MR) is 112 cm³/mol. The lowest BCUT2D eigenvalue weighted by Gasteiger charge is -2.36. The molecule has 4 aromatic rings. The van der Waals surface area contributed by atoms with Gasteiger partial charge in [0.15, 0.2) is 0 Å². The standard InChI is InChI=1S/C23H20F3N5O/c24-16-3-1-14(2-4-16)22-21(18-7-17(25)8-19(26)23(18)30-22)15-5-13(6-15)9-27-20(32)10-31-11-28-29-12-31/h1-4,7-8,11-13,15,30H,5-6,9-10H2,(H,27,32). The van der Waals surface area contributed by atoms with Crippen LogP contribution in [0.5, 0.6) is 0 Å². The molecule has 2 N–H and O–H groups in total. The molecule has 0 radical (unpaired) electrons. The van der Waals surface area contributed by atoms with Crippen LogP contribution in [0.1, 0.15) is 24.3 Å². The number of amides is 1. The van der Waals surface area contributed by atoms with Crippen molar-refractivity contribution in [3.05, 3.63) is 72.1 Å². The van der Waals surface area contributed by atoms with Gasteiger partial charge in [0.05, 0.1) is 11.2 Å². The van der Waals surface area contributed by atoms with Crippen molar-refractivity contribution in [3.63, 3.8) is 0 Å². The number of carbonyl (C=O) groups excluding carboxylic acids is 1. The van der Waals surface area contributed by atoms with Crippen LogP contribution in [-0.4, -0.2) is 32.2 Å². The monoisotopic (exact) mass is 439 g/mol. The zero-order valence-electron chi connectivity index (χ0n) is 17.0. The fourth-order valence-corrected chi connectivity index (χ4v) is 4.43. The van der Waals surface area contributed by atoms with Crippen LogP contribution < -0.4 is 5.32 Å². The molecule has 0 spiro atoms. The number of hydrogen-bond acceptors (Lipinski definition) is 3. The lowest BCUT2D eigenvalue weighted by molar-refractivity contribution is -0.122. The van der Waals surface area contributed by atoms with Gasteiger partial charge in [0, 0.05) is 18.0 Å². The zero-order valence-corrected chi connectivity index (χ0v) is 17.0. The maximum absolute atomic E-state index is 14.5. The van der Waals surface area contributed by atoms with Crippen molar-refractivity contribution in [1.82, 2.24) is 25.1 Å². The van der Waals surface area contributed by atoms with Crippen molar-refractivity contribution < 1.29 is 18.0 Å². The maximum Gasteiger partial charge on any atom is 0.240 e. The number of carbonyl (C=O) groups is 1. The highest BCUT2D eigenvalue weighted by Crippen LogP contribution is 2.48. The van der Waals surface area contributed by atoms with Gasteiger partial charge < -0.3 is 14.9 Å². The van der Waals surface area contributed by atoms with Gasteiger partial charge in [-0.25, -0.2) is 13.2 Å². The average molecular weight is 439 g/mol. The van der Waals surface area contributed by atoms with E-state index in [1.54, 1.807) is 16.7 Å². The van der Waals surface area contributed by atoms with Crippen molar-refractivity contribution >= 4 is 16.8 Å². The smallest absolute Gasteiger partial charge is 0.240 e. The van der Waals surface area contributed by atoms with E-state index in [-0.39, 0.29) is 35.6 Å². The Morgan fingerprint density at radius 3 is 2.50 bits per heavy atom. The first-order valence-corrected chi connectivity index (χ1v) is 10.3. The molecule has 164 valence electrons. The maximum atomic E-state index is 14.5. The number of rotatable bonds is 6. The molecule has 1 amide bonds. The van der Waals surface area contributed by atoms with E-state index in [4.69, 9.17) is 0 Å². The van der Waals surface area contributed by atoms with Crippen LogP contribution in [0.2, 0.25) is 0 Å². The summed E-state index contributed by atoms with van der Waals surface area (Å²) >= 11 is 0. The second-order valence-electron chi connectivity index (χ2n) is 8.20. The van der Waals surface area contributed by atoms with Crippen LogP contribution in [0.3, 0.4) is 0 Å². The minimum atomic E-state index is -0.660. The van der Waals surface area contributed by atoms with Crippen molar-refractivity contribution in [2.75, 3.05) is 6.54 Å². The van der Waals surface area contributed by atoms with Gasteiger partial charge in [-0.2, -0.15) is 0 Å². The molecule has 0 saturated heterocycles. The molecule has 0 atom stereocenters. The summed E-state index contributed by atoms with van der Waals surface area (Å²) in [6, 6.07) is 8.13. The van der Waals surface area contributed by atoms with Crippen LogP contribution in [0.15, 0.2) is 49.1 Å². The van der Waals surface area contributed by atoms with E-state index in [1.807, 2.05) is 0 Å². The first-order chi connectivity index (χ1) is 15.5. The van der Waals surface area contributed by atoms with Crippen molar-refractivity contribution in [3.8, 4) is 11.3 Å². The van der Waals surface area contributed by atoms with E-state index < -0.39 is 11.6 Å². The fraction of sp³-hybridized carbons (Fsp3) is 0.261. The van der Waals surface area contributed by atoms with Gasteiger partial charge in [-0.3, -0.25) is 4.79 Å². The second kappa shape index (κ2) is 8.14. The van der Waals surface area contributed by atoms with E-state index in [2.05, 4.69) is 20.5 Å². The molecule has 1 aliphatic carbocycles. The Balaban J connectivity index is 1.35. The zero-order chi connectivity index (χ0) is 22.2. The van der Waals surface area contributed by atoms with E-state index in [0.717, 1.165) is 24.5 Å². The molecule has 9 heteroatoms. The normalized spacial score (nSPS) is 18.0. The van der Waals surface area contributed by atoms with Gasteiger partial charge in [0.25, 0.3) is 0 Å². The number of nitrogens with zero attached hydrogens (tertiary/aromatic N) is 3. The molecule has 2 heterocycles. The highest BCUT2D eigenvalue weighted by molar-refractivity contribution is 5.92. The summed E-state index contributed by atoms with van der Waals surface area (Å²) in [6.07, 6.45) is 4.49. The lowest BCUT2D eigenvalue weighted by atomic mass is 9.70. The molecule has 6 nitrogen and oxygen atoms in total. The van der Waals surface area contributed by atoms with Gasteiger partial charge >= 0.3 is 0 Å². The van der Waals surface area contributed by atoms with Crippen molar-refractivity contribution in [1.29, 1.82) is 0 Å². The SMILES string of the molecule is O=C(Cn1cnnc1)NCC1CC(c2c(-c3ccc(F)cc3)[nH]c3c(F)cc(F)cc23)C1. The third kappa shape index (κ3) is 3.86. The third-order valence-electron chi connectivity index (χ3n) is 6.02. The summed E-state index contributed by atoms with van der Waals surface area (Å²) in [6.45, 7) is 0.674. The highest BCUT2D eigenvalue weighted by Gasteiger charge is 2.34. The van der Waals surface area contributed by atoms with E-state index in [0.29, 0.717) is 23.2 Å². The Morgan fingerprint density at radius 2 is 1.78 bits per heavy atom. The minimum Gasteiger partial charge on any atom is -0.354 e. The van der Waals surface area contributed by atoms with Crippen LogP contribution in [0.25, 0.3) is 22.2 Å². The molecule has 1 aliphatic rings. The summed E-state index contributed by atoms with van der Waals surface area (Å²) in [5.74, 6) is -1.46. The fourth-order valence-electron chi connectivity index (χ4n) is 4.43. The number of nitrogens with one attached hydrogen (secondary N) is 2. The Labute approximate surface area is 181 Å². The first-order valence-electron chi connectivity index (χ1n) is 10.3. The molecular weight excluding hydrogens is 419 g/mol. The molecule has 5 rings (SSSR count). The number of hydrogen-bond donors (Lipinski definition) is 2. The Morgan fingerprint density at radius 1 is 1.06 bits per heavy atom. The molecule has 32 heavy (non-hydrogen) atoms. The third-order valence-corrected chi connectivity index (χ3v) is 6.02. The van der Waals surface area contributed by atoms with Crippen LogP contribution in [-0.2, 0) is 11.3 Å². The molecule has 2 aromatic heterocycles. The van der Waals surface area contributed by atoms with Crippen LogP contribution >= 0.6 is 0 Å². The topological polar surface area (TPSA) is 75.6 Å². The molecular formula is C23H20F3N5O. The number of aromatic nitrogens is 4. The number of halogens is 3. The van der Waals surface area contributed by atoms with Gasteiger partial charge in [-0.15, -0.1) is 10.2 Å². The predicted octanol–water partition coefficient (Wildman–Crippen LogP) is 4.15. The molecule has 1 fully saturated rings. The molecule has 0 aliphatic heterocycles. The Kier molecular flexibility index (Phi) is 5.16. The summed E-state index contributed by atoms with van der Waals surface area (Å²) in [5.41, 5.74) is 2.45. The number of aromatic amines is 1. The number of benzene rings is 2. The van der Waals surface area contributed by atoms with Crippen LogP contribution in [0, 0.1) is 23.4 Å².